The molecule has 0 aliphatic heterocycles. The summed E-state index contributed by atoms with van der Waals surface area (Å²) in [7, 11) is 0. The van der Waals surface area contributed by atoms with E-state index in [-0.39, 0.29) is 17.9 Å². The van der Waals surface area contributed by atoms with E-state index in [4.69, 9.17) is 9.47 Å². The Morgan fingerprint density at radius 1 is 1.29 bits per heavy atom. The molecular formula is C20H28O4. The lowest BCUT2D eigenvalue weighted by molar-refractivity contribution is -0.157. The highest BCUT2D eigenvalue weighted by molar-refractivity contribution is 5.73. The number of carboxylic acids is 1. The highest BCUT2D eigenvalue weighted by atomic mass is 16.5. The Balaban J connectivity index is 2.56. The van der Waals surface area contributed by atoms with Crippen molar-refractivity contribution >= 4 is 5.97 Å². The molecule has 0 saturated carbocycles. The van der Waals surface area contributed by atoms with E-state index in [1.165, 1.54) is 0 Å². The van der Waals surface area contributed by atoms with Crippen molar-refractivity contribution in [1.82, 2.24) is 0 Å². The molecule has 4 atom stereocenters. The SMILES string of the molecule is C=C[C@@H](O[C@H](C(=O)O)[C@H](C)/C=C/C)[C@H](C)COCc1ccccc1. The van der Waals surface area contributed by atoms with E-state index in [1.807, 2.05) is 63.3 Å². The van der Waals surface area contributed by atoms with Crippen LogP contribution in [0.5, 0.6) is 0 Å². The fourth-order valence-electron chi connectivity index (χ4n) is 2.43. The van der Waals surface area contributed by atoms with Gasteiger partial charge in [0.25, 0.3) is 0 Å². The summed E-state index contributed by atoms with van der Waals surface area (Å²) in [6.45, 7) is 10.4. The lowest BCUT2D eigenvalue weighted by Gasteiger charge is -2.27. The van der Waals surface area contributed by atoms with Crippen molar-refractivity contribution in [2.24, 2.45) is 11.8 Å². The van der Waals surface area contributed by atoms with Crippen molar-refractivity contribution in [3.63, 3.8) is 0 Å². The summed E-state index contributed by atoms with van der Waals surface area (Å²) in [4.78, 5) is 11.5. The summed E-state index contributed by atoms with van der Waals surface area (Å²) in [5.41, 5.74) is 1.10. The smallest absolute Gasteiger partial charge is 0.333 e. The summed E-state index contributed by atoms with van der Waals surface area (Å²) >= 11 is 0. The number of benzene rings is 1. The summed E-state index contributed by atoms with van der Waals surface area (Å²) < 4.78 is 11.5. The first-order valence-corrected chi connectivity index (χ1v) is 8.24. The molecule has 4 heteroatoms. The summed E-state index contributed by atoms with van der Waals surface area (Å²) in [6.07, 6.45) is 4.03. The van der Waals surface area contributed by atoms with Crippen LogP contribution in [0.3, 0.4) is 0 Å². The lowest BCUT2D eigenvalue weighted by Crippen LogP contribution is -2.36. The standard InChI is InChI=1S/C20H28O4/c1-5-10-15(3)19(20(21)22)24-18(6-2)16(4)13-23-14-17-11-8-7-9-12-17/h5-12,15-16,18-19H,2,13-14H2,1,3-4H3,(H,21,22)/b10-5+/t15-,16-,18-,19+/m1/s1. The van der Waals surface area contributed by atoms with E-state index in [0.717, 1.165) is 5.56 Å². The number of carbonyl (C=O) groups is 1. The normalized spacial score (nSPS) is 16.5. The number of hydrogen-bond acceptors (Lipinski definition) is 3. The number of aliphatic carboxylic acids is 1. The fraction of sp³-hybridized carbons (Fsp3) is 0.450. The van der Waals surface area contributed by atoms with Crippen LogP contribution >= 0.6 is 0 Å². The number of carboxylic acid groups (broad SMARTS) is 1. The van der Waals surface area contributed by atoms with Gasteiger partial charge in [0.05, 0.1) is 19.3 Å². The predicted octanol–water partition coefficient (Wildman–Crippen LogP) is 4.08. The molecule has 0 aliphatic carbocycles. The average molecular weight is 332 g/mol. The van der Waals surface area contributed by atoms with E-state index >= 15 is 0 Å². The third-order valence-corrected chi connectivity index (χ3v) is 3.81. The molecular weight excluding hydrogens is 304 g/mol. The van der Waals surface area contributed by atoms with Crippen LogP contribution in [0.15, 0.2) is 55.1 Å². The van der Waals surface area contributed by atoms with Gasteiger partial charge in [-0.2, -0.15) is 0 Å². The molecule has 0 amide bonds. The second-order valence-electron chi connectivity index (χ2n) is 5.96. The quantitative estimate of drug-likeness (QED) is 0.621. The molecule has 0 aliphatic rings. The van der Waals surface area contributed by atoms with Crippen molar-refractivity contribution in [3.05, 3.63) is 60.7 Å². The van der Waals surface area contributed by atoms with Crippen LogP contribution in [0.4, 0.5) is 0 Å². The van der Waals surface area contributed by atoms with Gasteiger partial charge in [0.1, 0.15) is 0 Å². The Kier molecular flexibility index (Phi) is 9.05. The van der Waals surface area contributed by atoms with E-state index in [9.17, 15) is 9.90 Å². The van der Waals surface area contributed by atoms with Crippen LogP contribution < -0.4 is 0 Å². The molecule has 132 valence electrons. The Hall–Kier alpha value is -1.91. The molecule has 1 aromatic carbocycles. The molecule has 0 spiro atoms. The van der Waals surface area contributed by atoms with Gasteiger partial charge in [0, 0.05) is 11.8 Å². The van der Waals surface area contributed by atoms with Gasteiger partial charge in [-0.25, -0.2) is 4.79 Å². The molecule has 0 fully saturated rings. The Morgan fingerprint density at radius 3 is 2.50 bits per heavy atom. The topological polar surface area (TPSA) is 55.8 Å². The van der Waals surface area contributed by atoms with Gasteiger partial charge in [0.15, 0.2) is 6.10 Å². The monoisotopic (exact) mass is 332 g/mol. The maximum absolute atomic E-state index is 11.5. The van der Waals surface area contributed by atoms with Gasteiger partial charge < -0.3 is 14.6 Å². The molecule has 0 heterocycles. The van der Waals surface area contributed by atoms with Gasteiger partial charge in [-0.15, -0.1) is 6.58 Å². The zero-order valence-electron chi connectivity index (χ0n) is 14.7. The Morgan fingerprint density at radius 2 is 1.96 bits per heavy atom. The van der Waals surface area contributed by atoms with Crippen LogP contribution in [-0.2, 0) is 20.9 Å². The molecule has 24 heavy (non-hydrogen) atoms. The Bertz CT molecular complexity index is 524. The zero-order chi connectivity index (χ0) is 17.9. The second kappa shape index (κ2) is 10.8. The Labute approximate surface area is 144 Å². The molecule has 0 radical (unpaired) electrons. The molecule has 1 aromatic rings. The minimum atomic E-state index is -0.968. The molecule has 1 rings (SSSR count). The van der Waals surface area contributed by atoms with Crippen molar-refractivity contribution in [3.8, 4) is 0 Å². The highest BCUT2D eigenvalue weighted by Gasteiger charge is 2.28. The van der Waals surface area contributed by atoms with Crippen molar-refractivity contribution in [2.45, 2.75) is 39.6 Å². The summed E-state index contributed by atoms with van der Waals surface area (Å²) in [5, 5.41) is 9.40. The summed E-state index contributed by atoms with van der Waals surface area (Å²) in [5.74, 6) is -1.18. The molecule has 0 saturated heterocycles. The van der Waals surface area contributed by atoms with E-state index in [0.29, 0.717) is 13.2 Å². The zero-order valence-corrected chi connectivity index (χ0v) is 14.7. The molecule has 1 N–H and O–H groups in total. The largest absolute Gasteiger partial charge is 0.479 e. The maximum atomic E-state index is 11.5. The number of rotatable bonds is 11. The van der Waals surface area contributed by atoms with Gasteiger partial charge in [0.2, 0.25) is 0 Å². The molecule has 0 unspecified atom stereocenters. The van der Waals surface area contributed by atoms with Gasteiger partial charge in [-0.05, 0) is 12.5 Å². The van der Waals surface area contributed by atoms with Crippen LogP contribution in [0.25, 0.3) is 0 Å². The van der Waals surface area contributed by atoms with Crippen LogP contribution in [0.2, 0.25) is 0 Å². The van der Waals surface area contributed by atoms with Gasteiger partial charge in [-0.3, -0.25) is 0 Å². The number of ether oxygens (including phenoxy) is 2. The summed E-state index contributed by atoms with van der Waals surface area (Å²) in [6, 6.07) is 9.91. The third kappa shape index (κ3) is 6.69. The first-order chi connectivity index (χ1) is 11.5. The third-order valence-electron chi connectivity index (χ3n) is 3.81. The van der Waals surface area contributed by atoms with E-state index in [1.54, 1.807) is 6.08 Å². The second-order valence-corrected chi connectivity index (χ2v) is 5.96. The first kappa shape index (κ1) is 20.1. The molecule has 0 aromatic heterocycles. The van der Waals surface area contributed by atoms with E-state index < -0.39 is 12.1 Å². The van der Waals surface area contributed by atoms with Crippen LogP contribution in [-0.4, -0.2) is 29.9 Å². The molecule has 0 bridgehead atoms. The van der Waals surface area contributed by atoms with E-state index in [2.05, 4.69) is 6.58 Å². The number of hydrogen-bond donors (Lipinski definition) is 1. The lowest BCUT2D eigenvalue weighted by atomic mass is 10.0. The minimum absolute atomic E-state index is 0.00543. The fourth-order valence-corrected chi connectivity index (χ4v) is 2.43. The van der Waals surface area contributed by atoms with Crippen LogP contribution in [0.1, 0.15) is 26.3 Å². The predicted molar refractivity (Wildman–Crippen MR) is 95.7 cm³/mol. The average Bonchev–Trinajstić information content (AvgIpc) is 2.56. The highest BCUT2D eigenvalue weighted by Crippen LogP contribution is 2.18. The maximum Gasteiger partial charge on any atom is 0.333 e. The minimum Gasteiger partial charge on any atom is -0.479 e. The first-order valence-electron chi connectivity index (χ1n) is 8.24. The van der Waals surface area contributed by atoms with Crippen molar-refractivity contribution < 1.29 is 19.4 Å². The number of allylic oxidation sites excluding steroid dienone is 1. The van der Waals surface area contributed by atoms with Gasteiger partial charge >= 0.3 is 5.97 Å². The molecule has 4 nitrogen and oxygen atoms in total. The van der Waals surface area contributed by atoms with Crippen LogP contribution in [0, 0.1) is 11.8 Å². The van der Waals surface area contributed by atoms with Gasteiger partial charge in [-0.1, -0.05) is 62.4 Å². The van der Waals surface area contributed by atoms with Crippen molar-refractivity contribution in [2.75, 3.05) is 6.61 Å². The van der Waals surface area contributed by atoms with Crippen molar-refractivity contribution in [1.29, 1.82) is 0 Å².